The van der Waals surface area contributed by atoms with Crippen molar-refractivity contribution in [3.8, 4) is 0 Å². The number of thioether (sulfide) groups is 1. The highest BCUT2D eigenvalue weighted by Crippen LogP contribution is 2.19. The molecule has 1 nitrogen and oxygen atoms in total. The number of hydrogen-bond donors (Lipinski definition) is 0. The van der Waals surface area contributed by atoms with Crippen LogP contribution in [-0.4, -0.2) is 11.5 Å². The Morgan fingerprint density at radius 3 is 2.15 bits per heavy atom. The summed E-state index contributed by atoms with van der Waals surface area (Å²) in [7, 11) is 0. The molecule has 0 unspecified atom stereocenters. The fraction of sp³-hybridized carbons (Fsp3) is 0.278. The number of carbonyl (C=O) groups excluding carboxylic acids is 1. The molecule has 0 saturated carbocycles. The quantitative estimate of drug-likeness (QED) is 0.577. The van der Waals surface area contributed by atoms with Crippen molar-refractivity contribution in [3.63, 3.8) is 0 Å². The van der Waals surface area contributed by atoms with E-state index in [2.05, 4.69) is 39.0 Å². The Morgan fingerprint density at radius 2 is 1.60 bits per heavy atom. The van der Waals surface area contributed by atoms with E-state index >= 15 is 0 Å². The van der Waals surface area contributed by atoms with E-state index in [1.807, 2.05) is 24.3 Å². The van der Waals surface area contributed by atoms with Gasteiger partial charge in [0.15, 0.2) is 5.78 Å². The minimum Gasteiger partial charge on any atom is -0.294 e. The minimum atomic E-state index is 0.183. The van der Waals surface area contributed by atoms with Gasteiger partial charge in [-0.1, -0.05) is 48.4 Å². The van der Waals surface area contributed by atoms with E-state index in [9.17, 15) is 4.79 Å². The fourth-order valence-corrected chi connectivity index (χ4v) is 3.02. The standard InChI is InChI=1S/C18H20OS/c1-4-20-17-7-5-16(6-8-17)18(19)12-15-10-13(2)9-14(3)11-15/h5-11H,4,12H2,1-3H3. The lowest BCUT2D eigenvalue weighted by molar-refractivity contribution is 0.0993. The Hall–Kier alpha value is -1.54. The van der Waals surface area contributed by atoms with Gasteiger partial charge in [0.1, 0.15) is 0 Å². The van der Waals surface area contributed by atoms with E-state index < -0.39 is 0 Å². The maximum Gasteiger partial charge on any atom is 0.167 e. The highest BCUT2D eigenvalue weighted by atomic mass is 32.2. The van der Waals surface area contributed by atoms with Crippen LogP contribution in [0.5, 0.6) is 0 Å². The molecule has 20 heavy (non-hydrogen) atoms. The Bertz CT molecular complexity index is 579. The van der Waals surface area contributed by atoms with Gasteiger partial charge in [0, 0.05) is 16.9 Å². The molecule has 2 aromatic rings. The summed E-state index contributed by atoms with van der Waals surface area (Å²) in [6.45, 7) is 6.26. The number of aryl methyl sites for hydroxylation is 2. The molecule has 0 aliphatic heterocycles. The molecule has 0 saturated heterocycles. The maximum atomic E-state index is 12.3. The van der Waals surface area contributed by atoms with Crippen LogP contribution in [0.15, 0.2) is 47.4 Å². The molecule has 104 valence electrons. The average Bonchev–Trinajstić information content (AvgIpc) is 2.38. The van der Waals surface area contributed by atoms with Crippen LogP contribution in [0.4, 0.5) is 0 Å². The van der Waals surface area contributed by atoms with Gasteiger partial charge in [-0.2, -0.15) is 0 Å². The summed E-state index contributed by atoms with van der Waals surface area (Å²) in [6, 6.07) is 14.2. The third-order valence-electron chi connectivity index (χ3n) is 3.13. The first-order valence-corrected chi connectivity index (χ1v) is 7.90. The second-order valence-electron chi connectivity index (χ2n) is 5.05. The van der Waals surface area contributed by atoms with Crippen LogP contribution in [0.25, 0.3) is 0 Å². The minimum absolute atomic E-state index is 0.183. The summed E-state index contributed by atoms with van der Waals surface area (Å²) in [5, 5.41) is 0. The zero-order chi connectivity index (χ0) is 14.5. The van der Waals surface area contributed by atoms with E-state index in [0.29, 0.717) is 6.42 Å². The van der Waals surface area contributed by atoms with Crippen molar-refractivity contribution in [1.82, 2.24) is 0 Å². The van der Waals surface area contributed by atoms with Crippen molar-refractivity contribution in [3.05, 3.63) is 64.7 Å². The van der Waals surface area contributed by atoms with Gasteiger partial charge in [0.2, 0.25) is 0 Å². The van der Waals surface area contributed by atoms with Crippen LogP contribution >= 0.6 is 11.8 Å². The molecule has 0 aromatic heterocycles. The lowest BCUT2D eigenvalue weighted by atomic mass is 10.00. The first kappa shape index (κ1) is 14.9. The van der Waals surface area contributed by atoms with Gasteiger partial charge in [-0.3, -0.25) is 4.79 Å². The van der Waals surface area contributed by atoms with Gasteiger partial charge in [-0.25, -0.2) is 0 Å². The summed E-state index contributed by atoms with van der Waals surface area (Å²) < 4.78 is 0. The van der Waals surface area contributed by atoms with Gasteiger partial charge in [-0.05, 0) is 37.3 Å². The first-order valence-electron chi connectivity index (χ1n) is 6.91. The Kier molecular flexibility index (Phi) is 5.02. The lowest BCUT2D eigenvalue weighted by Crippen LogP contribution is -2.04. The predicted molar refractivity (Wildman–Crippen MR) is 86.8 cm³/mol. The van der Waals surface area contributed by atoms with Gasteiger partial charge in [-0.15, -0.1) is 11.8 Å². The molecule has 0 bridgehead atoms. The molecule has 0 radical (unpaired) electrons. The van der Waals surface area contributed by atoms with E-state index in [1.54, 1.807) is 11.8 Å². The molecule has 0 spiro atoms. The SMILES string of the molecule is CCSc1ccc(C(=O)Cc2cc(C)cc(C)c2)cc1. The smallest absolute Gasteiger partial charge is 0.167 e. The largest absolute Gasteiger partial charge is 0.294 e. The van der Waals surface area contributed by atoms with E-state index in [4.69, 9.17) is 0 Å². The Labute approximate surface area is 125 Å². The molecular formula is C18H20OS. The number of ketones is 1. The summed E-state index contributed by atoms with van der Waals surface area (Å²) >= 11 is 1.79. The third kappa shape index (κ3) is 3.97. The average molecular weight is 284 g/mol. The predicted octanol–water partition coefficient (Wildman–Crippen LogP) is 4.84. The molecule has 0 aliphatic carbocycles. The van der Waals surface area contributed by atoms with Crippen LogP contribution in [0, 0.1) is 13.8 Å². The van der Waals surface area contributed by atoms with Crippen LogP contribution in [0.1, 0.15) is 34.0 Å². The maximum absolute atomic E-state index is 12.3. The van der Waals surface area contributed by atoms with Gasteiger partial charge in [0.05, 0.1) is 0 Å². The number of rotatable bonds is 5. The van der Waals surface area contributed by atoms with E-state index in [1.165, 1.54) is 16.0 Å². The van der Waals surface area contributed by atoms with Crippen LogP contribution in [0.3, 0.4) is 0 Å². The van der Waals surface area contributed by atoms with Crippen molar-refractivity contribution < 1.29 is 4.79 Å². The summed E-state index contributed by atoms with van der Waals surface area (Å²) in [5.74, 6) is 1.23. The lowest BCUT2D eigenvalue weighted by Gasteiger charge is -2.06. The second kappa shape index (κ2) is 6.76. The number of carbonyl (C=O) groups is 1. The molecule has 0 heterocycles. The van der Waals surface area contributed by atoms with Gasteiger partial charge in [0.25, 0.3) is 0 Å². The number of benzene rings is 2. The second-order valence-corrected chi connectivity index (χ2v) is 6.39. The molecule has 0 amide bonds. The highest BCUT2D eigenvalue weighted by molar-refractivity contribution is 7.99. The monoisotopic (exact) mass is 284 g/mol. The van der Waals surface area contributed by atoms with Gasteiger partial charge >= 0.3 is 0 Å². The number of Topliss-reactive ketones (excluding diaryl/α,β-unsaturated/α-hetero) is 1. The van der Waals surface area contributed by atoms with Crippen molar-refractivity contribution in [1.29, 1.82) is 0 Å². The van der Waals surface area contributed by atoms with Crippen molar-refractivity contribution in [2.75, 3.05) is 5.75 Å². The van der Waals surface area contributed by atoms with E-state index in [0.717, 1.165) is 16.9 Å². The third-order valence-corrected chi connectivity index (χ3v) is 4.03. The molecule has 2 rings (SSSR count). The first-order chi connectivity index (χ1) is 9.58. The van der Waals surface area contributed by atoms with E-state index in [-0.39, 0.29) is 5.78 Å². The topological polar surface area (TPSA) is 17.1 Å². The zero-order valence-electron chi connectivity index (χ0n) is 12.3. The molecule has 0 atom stereocenters. The van der Waals surface area contributed by atoms with Crippen LogP contribution in [-0.2, 0) is 6.42 Å². The molecule has 0 fully saturated rings. The van der Waals surface area contributed by atoms with Crippen molar-refractivity contribution >= 4 is 17.5 Å². The summed E-state index contributed by atoms with van der Waals surface area (Å²) in [5.41, 5.74) is 4.31. The van der Waals surface area contributed by atoms with Crippen molar-refractivity contribution in [2.24, 2.45) is 0 Å². The molecule has 0 N–H and O–H groups in total. The number of hydrogen-bond acceptors (Lipinski definition) is 2. The normalized spacial score (nSPS) is 10.6. The molecular weight excluding hydrogens is 264 g/mol. The Morgan fingerprint density at radius 1 is 1.00 bits per heavy atom. The highest BCUT2D eigenvalue weighted by Gasteiger charge is 2.08. The summed E-state index contributed by atoms with van der Waals surface area (Å²) in [6.07, 6.45) is 0.475. The molecule has 0 aliphatic rings. The Balaban J connectivity index is 2.11. The van der Waals surface area contributed by atoms with Gasteiger partial charge < -0.3 is 0 Å². The van der Waals surface area contributed by atoms with Crippen LogP contribution < -0.4 is 0 Å². The molecule has 2 aromatic carbocycles. The van der Waals surface area contributed by atoms with Crippen LogP contribution in [0.2, 0.25) is 0 Å². The fourth-order valence-electron chi connectivity index (χ4n) is 2.36. The summed E-state index contributed by atoms with van der Waals surface area (Å²) in [4.78, 5) is 13.5. The van der Waals surface area contributed by atoms with Crippen molar-refractivity contribution in [2.45, 2.75) is 32.1 Å². The zero-order valence-corrected chi connectivity index (χ0v) is 13.1. The molecule has 2 heteroatoms.